The smallest absolute Gasteiger partial charge is 0.133 e. The zero-order chi connectivity index (χ0) is 6.41. The molecule has 0 atom stereocenters. The van der Waals surface area contributed by atoms with Crippen LogP contribution < -0.4 is 5.73 Å². The van der Waals surface area contributed by atoms with Crippen LogP contribution in [0.1, 0.15) is 13.3 Å². The molecular weight excluding hydrogens is 102 g/mol. The van der Waals surface area contributed by atoms with E-state index in [0.717, 1.165) is 0 Å². The molecule has 46 valence electrons. The molecule has 0 rings (SSSR count). The predicted molar refractivity (Wildman–Crippen MR) is 33.5 cm³/mol. The minimum Gasteiger partial charge on any atom is -0.327 e. The Kier molecular flexibility index (Phi) is 4.17. The fourth-order valence-electron chi connectivity index (χ4n) is 0.346. The number of carbonyl (C=O) groups excluding carboxylic acids is 1. The highest BCUT2D eigenvalue weighted by Crippen LogP contribution is 1.81. The maximum atomic E-state index is 10.2. The Balaban J connectivity index is 3.16. The first-order valence-electron chi connectivity index (χ1n) is 2.62. The molecule has 2 heteroatoms. The van der Waals surface area contributed by atoms with Crippen molar-refractivity contribution in [3.05, 3.63) is 12.2 Å². The van der Waals surface area contributed by atoms with Crippen LogP contribution in [0.4, 0.5) is 0 Å². The van der Waals surface area contributed by atoms with E-state index in [1.807, 2.05) is 0 Å². The zero-order valence-electron chi connectivity index (χ0n) is 5.05. The second kappa shape index (κ2) is 4.53. The zero-order valence-corrected chi connectivity index (χ0v) is 5.05. The molecule has 0 amide bonds. The number of nitrogens with two attached hydrogens (primary N) is 1. The lowest BCUT2D eigenvalue weighted by Crippen LogP contribution is -1.93. The van der Waals surface area contributed by atoms with E-state index in [0.29, 0.717) is 13.0 Å². The quantitative estimate of drug-likeness (QED) is 0.541. The highest BCUT2D eigenvalue weighted by Gasteiger charge is 1.82. The van der Waals surface area contributed by atoms with Crippen LogP contribution in [0, 0.1) is 0 Å². The predicted octanol–water partition coefficient (Wildman–Crippen LogP) is 0.480. The molecule has 2 N–H and O–H groups in total. The molecule has 0 heterocycles. The fourth-order valence-corrected chi connectivity index (χ4v) is 0.346. The molecule has 8 heavy (non-hydrogen) atoms. The van der Waals surface area contributed by atoms with Crippen molar-refractivity contribution in [3.63, 3.8) is 0 Å². The van der Waals surface area contributed by atoms with Crippen LogP contribution >= 0.6 is 0 Å². The van der Waals surface area contributed by atoms with Crippen molar-refractivity contribution < 1.29 is 4.79 Å². The summed E-state index contributed by atoms with van der Waals surface area (Å²) in [6, 6.07) is 0. The van der Waals surface area contributed by atoms with Crippen molar-refractivity contribution in [2.24, 2.45) is 5.73 Å². The molecular formula is C6H11NO. The second-order valence-corrected chi connectivity index (χ2v) is 1.61. The summed E-state index contributed by atoms with van der Waals surface area (Å²) in [4.78, 5) is 10.2. The van der Waals surface area contributed by atoms with Crippen LogP contribution in [0.2, 0.25) is 0 Å². The molecule has 0 saturated carbocycles. The van der Waals surface area contributed by atoms with Gasteiger partial charge < -0.3 is 5.73 Å². The Hall–Kier alpha value is -0.630. The van der Waals surface area contributed by atoms with Gasteiger partial charge in [0.25, 0.3) is 0 Å². The molecule has 0 fully saturated rings. The van der Waals surface area contributed by atoms with E-state index in [2.05, 4.69) is 0 Å². The molecule has 0 aliphatic rings. The van der Waals surface area contributed by atoms with Gasteiger partial charge in [0.15, 0.2) is 0 Å². The summed E-state index contributed by atoms with van der Waals surface area (Å²) < 4.78 is 0. The number of rotatable bonds is 3. The van der Waals surface area contributed by atoms with Gasteiger partial charge in [-0.3, -0.25) is 4.79 Å². The van der Waals surface area contributed by atoms with Gasteiger partial charge in [-0.15, -0.1) is 0 Å². The Morgan fingerprint density at radius 3 is 2.62 bits per heavy atom. The van der Waals surface area contributed by atoms with E-state index >= 15 is 0 Å². The first-order chi connectivity index (χ1) is 3.77. The van der Waals surface area contributed by atoms with E-state index in [-0.39, 0.29) is 5.78 Å². The third-order valence-electron chi connectivity index (χ3n) is 0.708. The van der Waals surface area contributed by atoms with Crippen LogP contribution in [0.25, 0.3) is 0 Å². The lowest BCUT2D eigenvalue weighted by Gasteiger charge is -1.80. The van der Waals surface area contributed by atoms with Gasteiger partial charge in [-0.2, -0.15) is 0 Å². The SMILES string of the molecule is CC(=O)C/C=C/CN. The van der Waals surface area contributed by atoms with Gasteiger partial charge in [0.2, 0.25) is 0 Å². The van der Waals surface area contributed by atoms with Gasteiger partial charge in [0.1, 0.15) is 5.78 Å². The molecule has 0 aromatic carbocycles. The number of hydrogen-bond acceptors (Lipinski definition) is 2. The first-order valence-corrected chi connectivity index (χ1v) is 2.62. The van der Waals surface area contributed by atoms with Crippen molar-refractivity contribution in [3.8, 4) is 0 Å². The maximum Gasteiger partial charge on any atom is 0.133 e. The lowest BCUT2D eigenvalue weighted by molar-refractivity contribution is -0.116. The van der Waals surface area contributed by atoms with Gasteiger partial charge in [-0.1, -0.05) is 12.2 Å². The molecule has 2 nitrogen and oxygen atoms in total. The summed E-state index contributed by atoms with van der Waals surface area (Å²) in [5.74, 6) is 0.176. The minimum atomic E-state index is 0.176. The summed E-state index contributed by atoms with van der Waals surface area (Å²) in [7, 11) is 0. The molecule has 0 radical (unpaired) electrons. The number of allylic oxidation sites excluding steroid dienone is 1. The van der Waals surface area contributed by atoms with E-state index in [4.69, 9.17) is 5.73 Å². The number of Topliss-reactive ketones (excluding diaryl/α,β-unsaturated/α-hetero) is 1. The van der Waals surface area contributed by atoms with Gasteiger partial charge in [-0.05, 0) is 6.92 Å². The molecule has 0 spiro atoms. The van der Waals surface area contributed by atoms with Crippen molar-refractivity contribution in [1.82, 2.24) is 0 Å². The summed E-state index contributed by atoms with van der Waals surface area (Å²) in [6.07, 6.45) is 4.07. The van der Waals surface area contributed by atoms with E-state index in [1.165, 1.54) is 0 Å². The van der Waals surface area contributed by atoms with E-state index in [9.17, 15) is 4.79 Å². The fraction of sp³-hybridized carbons (Fsp3) is 0.500. The Bertz CT molecular complexity index is 96.7. The molecule has 0 aliphatic carbocycles. The van der Waals surface area contributed by atoms with Crippen LogP contribution in [-0.2, 0) is 4.79 Å². The molecule has 0 unspecified atom stereocenters. The number of ketones is 1. The summed E-state index contributed by atoms with van der Waals surface area (Å²) in [5, 5.41) is 0. The number of carbonyl (C=O) groups is 1. The highest BCUT2D eigenvalue weighted by molar-refractivity contribution is 5.76. The van der Waals surface area contributed by atoms with Gasteiger partial charge in [-0.25, -0.2) is 0 Å². The average Bonchev–Trinajstić information content (AvgIpc) is 1.66. The maximum absolute atomic E-state index is 10.2. The summed E-state index contributed by atoms with van der Waals surface area (Å²) >= 11 is 0. The van der Waals surface area contributed by atoms with Crippen molar-refractivity contribution >= 4 is 5.78 Å². The summed E-state index contributed by atoms with van der Waals surface area (Å²) in [5.41, 5.74) is 5.12. The standard InChI is InChI=1S/C6H11NO/c1-6(8)4-2-3-5-7/h2-3H,4-5,7H2,1H3/b3-2+. The third-order valence-corrected chi connectivity index (χ3v) is 0.708. The Morgan fingerprint density at radius 1 is 1.62 bits per heavy atom. The van der Waals surface area contributed by atoms with Crippen molar-refractivity contribution in [2.75, 3.05) is 6.54 Å². The van der Waals surface area contributed by atoms with Gasteiger partial charge in [0.05, 0.1) is 0 Å². The first kappa shape index (κ1) is 7.37. The van der Waals surface area contributed by atoms with Crippen molar-refractivity contribution in [2.45, 2.75) is 13.3 Å². The monoisotopic (exact) mass is 113 g/mol. The largest absolute Gasteiger partial charge is 0.327 e. The van der Waals surface area contributed by atoms with Crippen LogP contribution in [0.3, 0.4) is 0 Å². The highest BCUT2D eigenvalue weighted by atomic mass is 16.1. The van der Waals surface area contributed by atoms with E-state index in [1.54, 1.807) is 19.1 Å². The molecule has 0 aromatic heterocycles. The van der Waals surface area contributed by atoms with Gasteiger partial charge >= 0.3 is 0 Å². The van der Waals surface area contributed by atoms with Crippen LogP contribution in [-0.4, -0.2) is 12.3 Å². The van der Waals surface area contributed by atoms with Crippen molar-refractivity contribution in [1.29, 1.82) is 0 Å². The van der Waals surface area contributed by atoms with Crippen LogP contribution in [0.5, 0.6) is 0 Å². The Labute approximate surface area is 49.4 Å². The summed E-state index contributed by atoms with van der Waals surface area (Å²) in [6.45, 7) is 2.08. The molecule has 0 bridgehead atoms. The van der Waals surface area contributed by atoms with Crippen LogP contribution in [0.15, 0.2) is 12.2 Å². The number of hydrogen-bond donors (Lipinski definition) is 1. The average molecular weight is 113 g/mol. The molecule has 0 aliphatic heterocycles. The van der Waals surface area contributed by atoms with Gasteiger partial charge in [0, 0.05) is 13.0 Å². The topological polar surface area (TPSA) is 43.1 Å². The normalized spacial score (nSPS) is 10.2. The molecule has 0 aromatic rings. The Morgan fingerprint density at radius 2 is 2.25 bits per heavy atom. The molecule has 0 saturated heterocycles. The third kappa shape index (κ3) is 5.37. The minimum absolute atomic E-state index is 0.176. The second-order valence-electron chi connectivity index (χ2n) is 1.61. The van der Waals surface area contributed by atoms with E-state index < -0.39 is 0 Å². The lowest BCUT2D eigenvalue weighted by atomic mass is 10.3.